The molecule has 1 aromatic carbocycles. The summed E-state index contributed by atoms with van der Waals surface area (Å²) < 4.78 is 10.2. The number of methoxy groups -OCH3 is 2. The summed E-state index contributed by atoms with van der Waals surface area (Å²) in [6.45, 7) is 0. The molecule has 0 aliphatic carbocycles. The number of rotatable bonds is 3. The molecule has 0 fully saturated rings. The molecule has 0 saturated carbocycles. The molecule has 0 atom stereocenters. The molecule has 80 valence electrons. The predicted molar refractivity (Wildman–Crippen MR) is 61.4 cm³/mol. The lowest BCUT2D eigenvalue weighted by Gasteiger charge is -2.11. The van der Waals surface area contributed by atoms with Crippen LogP contribution in [0.25, 0.3) is 0 Å². The van der Waals surface area contributed by atoms with Gasteiger partial charge in [0, 0.05) is 19.2 Å². The summed E-state index contributed by atoms with van der Waals surface area (Å²) in [5.41, 5.74) is 0.851. The van der Waals surface area contributed by atoms with Gasteiger partial charge in [0.25, 0.3) is 0 Å². The van der Waals surface area contributed by atoms with Gasteiger partial charge < -0.3 is 14.8 Å². The van der Waals surface area contributed by atoms with Gasteiger partial charge in [-0.15, -0.1) is 12.4 Å². The Morgan fingerprint density at radius 2 is 1.71 bits per heavy atom. The molecular formula is C9H13Cl2NO2. The Kier molecular flexibility index (Phi) is 5.50. The number of ether oxygens (including phenoxy) is 2. The van der Waals surface area contributed by atoms with Crippen molar-refractivity contribution in [3.05, 3.63) is 17.2 Å². The third kappa shape index (κ3) is 2.59. The Labute approximate surface area is 94.8 Å². The molecule has 1 N–H and O–H groups in total. The molecule has 0 radical (unpaired) electrons. The van der Waals surface area contributed by atoms with Gasteiger partial charge in [0.2, 0.25) is 0 Å². The highest BCUT2D eigenvalue weighted by Gasteiger charge is 2.07. The maximum absolute atomic E-state index is 5.90. The van der Waals surface area contributed by atoms with E-state index in [9.17, 15) is 0 Å². The van der Waals surface area contributed by atoms with Gasteiger partial charge in [-0.3, -0.25) is 0 Å². The van der Waals surface area contributed by atoms with Gasteiger partial charge in [-0.25, -0.2) is 0 Å². The molecule has 3 nitrogen and oxygen atoms in total. The zero-order valence-electron chi connectivity index (χ0n) is 8.26. The van der Waals surface area contributed by atoms with E-state index in [0.717, 1.165) is 5.69 Å². The topological polar surface area (TPSA) is 30.5 Å². The van der Waals surface area contributed by atoms with Crippen molar-refractivity contribution in [2.75, 3.05) is 26.6 Å². The summed E-state index contributed by atoms with van der Waals surface area (Å²) in [5, 5.41) is 3.52. The van der Waals surface area contributed by atoms with E-state index in [0.29, 0.717) is 16.5 Å². The third-order valence-electron chi connectivity index (χ3n) is 1.74. The van der Waals surface area contributed by atoms with Crippen LogP contribution in [0.15, 0.2) is 12.1 Å². The first kappa shape index (κ1) is 13.2. The predicted octanol–water partition coefficient (Wildman–Crippen LogP) is 2.82. The fourth-order valence-electron chi connectivity index (χ4n) is 1.06. The van der Waals surface area contributed by atoms with Crippen molar-refractivity contribution < 1.29 is 9.47 Å². The second-order valence-electron chi connectivity index (χ2n) is 2.44. The molecule has 0 aromatic heterocycles. The zero-order chi connectivity index (χ0) is 9.84. The van der Waals surface area contributed by atoms with Crippen LogP contribution in [0.3, 0.4) is 0 Å². The van der Waals surface area contributed by atoms with Crippen LogP contribution in [0.4, 0.5) is 5.69 Å². The molecule has 0 bridgehead atoms. The minimum absolute atomic E-state index is 0. The largest absolute Gasteiger partial charge is 0.495 e. The van der Waals surface area contributed by atoms with Gasteiger partial charge in [-0.05, 0) is 0 Å². The van der Waals surface area contributed by atoms with Gasteiger partial charge in [0.1, 0.15) is 11.5 Å². The number of benzene rings is 1. The minimum atomic E-state index is 0. The second kappa shape index (κ2) is 5.83. The lowest BCUT2D eigenvalue weighted by molar-refractivity contribution is 0.405. The molecule has 0 saturated heterocycles. The van der Waals surface area contributed by atoms with Gasteiger partial charge in [0.05, 0.1) is 24.9 Å². The van der Waals surface area contributed by atoms with E-state index >= 15 is 0 Å². The quantitative estimate of drug-likeness (QED) is 0.878. The summed E-state index contributed by atoms with van der Waals surface area (Å²) in [7, 11) is 4.98. The highest BCUT2D eigenvalue weighted by Crippen LogP contribution is 2.35. The van der Waals surface area contributed by atoms with Crippen molar-refractivity contribution in [3.63, 3.8) is 0 Å². The lowest BCUT2D eigenvalue weighted by Crippen LogP contribution is -1.95. The van der Waals surface area contributed by atoms with Crippen LogP contribution in [0, 0.1) is 0 Å². The Balaban J connectivity index is 0.00000169. The van der Waals surface area contributed by atoms with Crippen LogP contribution in [0.2, 0.25) is 5.02 Å². The van der Waals surface area contributed by atoms with Gasteiger partial charge >= 0.3 is 0 Å². The Morgan fingerprint density at radius 1 is 1.14 bits per heavy atom. The molecule has 0 aliphatic heterocycles. The molecule has 5 heteroatoms. The standard InChI is InChI=1S/C9H12ClNO2.ClH/c1-11-7-5-8(12-2)6(10)4-9(7)13-3;/h4-5,11H,1-3H3;1H. The van der Waals surface area contributed by atoms with E-state index in [1.165, 1.54) is 0 Å². The first-order chi connectivity index (χ1) is 6.22. The van der Waals surface area contributed by atoms with Crippen molar-refractivity contribution >= 4 is 29.7 Å². The molecule has 0 heterocycles. The number of anilines is 1. The summed E-state index contributed by atoms with van der Waals surface area (Å²) in [4.78, 5) is 0. The number of hydrogen-bond donors (Lipinski definition) is 1. The van der Waals surface area contributed by atoms with Crippen LogP contribution < -0.4 is 14.8 Å². The lowest BCUT2D eigenvalue weighted by atomic mass is 10.2. The van der Waals surface area contributed by atoms with E-state index in [1.54, 1.807) is 26.4 Å². The van der Waals surface area contributed by atoms with Crippen molar-refractivity contribution in [1.82, 2.24) is 0 Å². The summed E-state index contributed by atoms with van der Waals surface area (Å²) >= 11 is 5.90. The van der Waals surface area contributed by atoms with Gasteiger partial charge in [-0.1, -0.05) is 11.6 Å². The van der Waals surface area contributed by atoms with E-state index in [-0.39, 0.29) is 12.4 Å². The van der Waals surface area contributed by atoms with Crippen molar-refractivity contribution in [2.45, 2.75) is 0 Å². The minimum Gasteiger partial charge on any atom is -0.495 e. The SMILES string of the molecule is CNc1cc(OC)c(Cl)cc1OC.Cl. The van der Waals surface area contributed by atoms with Crippen LogP contribution in [0.1, 0.15) is 0 Å². The monoisotopic (exact) mass is 237 g/mol. The fourth-order valence-corrected chi connectivity index (χ4v) is 1.29. The van der Waals surface area contributed by atoms with E-state index < -0.39 is 0 Å². The van der Waals surface area contributed by atoms with E-state index in [2.05, 4.69) is 5.32 Å². The van der Waals surface area contributed by atoms with Crippen molar-refractivity contribution in [2.24, 2.45) is 0 Å². The Hall–Kier alpha value is -0.800. The van der Waals surface area contributed by atoms with Crippen LogP contribution in [-0.2, 0) is 0 Å². The smallest absolute Gasteiger partial charge is 0.143 e. The summed E-state index contributed by atoms with van der Waals surface area (Å²) in [5.74, 6) is 1.33. The van der Waals surface area contributed by atoms with Gasteiger partial charge in [0.15, 0.2) is 0 Å². The summed E-state index contributed by atoms with van der Waals surface area (Å²) in [6.07, 6.45) is 0. The molecule has 1 rings (SSSR count). The molecule has 0 aliphatic rings. The van der Waals surface area contributed by atoms with E-state index in [4.69, 9.17) is 21.1 Å². The highest BCUT2D eigenvalue weighted by atomic mass is 35.5. The second-order valence-corrected chi connectivity index (χ2v) is 2.84. The van der Waals surface area contributed by atoms with E-state index in [1.807, 2.05) is 7.05 Å². The normalized spacial score (nSPS) is 8.86. The molecule has 0 unspecified atom stereocenters. The highest BCUT2D eigenvalue weighted by molar-refractivity contribution is 6.32. The maximum atomic E-state index is 5.90. The Morgan fingerprint density at radius 3 is 2.14 bits per heavy atom. The Bertz CT molecular complexity index is 305. The average Bonchev–Trinajstić information content (AvgIpc) is 2.17. The third-order valence-corrected chi connectivity index (χ3v) is 2.04. The van der Waals surface area contributed by atoms with Crippen LogP contribution >= 0.6 is 24.0 Å². The molecular weight excluding hydrogens is 225 g/mol. The average molecular weight is 238 g/mol. The number of nitrogens with one attached hydrogen (secondary N) is 1. The van der Waals surface area contributed by atoms with Crippen LogP contribution in [-0.4, -0.2) is 21.3 Å². The van der Waals surface area contributed by atoms with Crippen molar-refractivity contribution in [1.29, 1.82) is 0 Å². The summed E-state index contributed by atoms with van der Waals surface area (Å²) in [6, 6.07) is 3.51. The number of hydrogen-bond acceptors (Lipinski definition) is 3. The first-order valence-electron chi connectivity index (χ1n) is 3.82. The van der Waals surface area contributed by atoms with Crippen LogP contribution in [0.5, 0.6) is 11.5 Å². The maximum Gasteiger partial charge on any atom is 0.143 e. The van der Waals surface area contributed by atoms with Crippen molar-refractivity contribution in [3.8, 4) is 11.5 Å². The molecule has 0 spiro atoms. The zero-order valence-corrected chi connectivity index (χ0v) is 9.83. The first-order valence-corrected chi connectivity index (χ1v) is 4.20. The number of halogens is 2. The van der Waals surface area contributed by atoms with Gasteiger partial charge in [-0.2, -0.15) is 0 Å². The molecule has 14 heavy (non-hydrogen) atoms. The molecule has 1 aromatic rings. The fraction of sp³-hybridized carbons (Fsp3) is 0.333. The molecule has 0 amide bonds.